The fourth-order valence-corrected chi connectivity index (χ4v) is 1.59. The minimum Gasteiger partial charge on any atom is -0.490 e. The number of ether oxygens (including phenoxy) is 1. The van der Waals surface area contributed by atoms with Gasteiger partial charge in [-0.15, -0.1) is 0 Å². The Labute approximate surface area is 109 Å². The van der Waals surface area contributed by atoms with Crippen LogP contribution in [0.1, 0.15) is 25.3 Å². The Balaban J connectivity index is 2.43. The highest BCUT2D eigenvalue weighted by Gasteiger charge is 2.04. The van der Waals surface area contributed by atoms with Crippen LogP contribution in [0.5, 0.6) is 5.75 Å². The molecule has 0 aliphatic heterocycles. The van der Waals surface area contributed by atoms with Gasteiger partial charge in [0, 0.05) is 12.6 Å². The van der Waals surface area contributed by atoms with Gasteiger partial charge in [0.05, 0.1) is 12.5 Å². The van der Waals surface area contributed by atoms with Crippen molar-refractivity contribution in [1.29, 1.82) is 5.26 Å². The summed E-state index contributed by atoms with van der Waals surface area (Å²) >= 11 is 0. The highest BCUT2D eigenvalue weighted by molar-refractivity contribution is 5.27. The van der Waals surface area contributed by atoms with Crippen LogP contribution in [0.25, 0.3) is 0 Å². The summed E-state index contributed by atoms with van der Waals surface area (Å²) < 4.78 is 5.41. The second-order valence-electron chi connectivity index (χ2n) is 4.09. The molecular weight excluding hydrogens is 224 g/mol. The number of hydrogen-bond donors (Lipinski definition) is 1. The molecule has 96 valence electrons. The van der Waals surface area contributed by atoms with Crippen LogP contribution >= 0.6 is 0 Å². The van der Waals surface area contributed by atoms with E-state index in [0.29, 0.717) is 13.0 Å². The minimum absolute atomic E-state index is 0.270. The Morgan fingerprint density at radius 3 is 2.72 bits per heavy atom. The molecule has 0 spiro atoms. The van der Waals surface area contributed by atoms with E-state index in [1.54, 1.807) is 6.08 Å². The molecule has 0 aliphatic rings. The van der Waals surface area contributed by atoms with Crippen LogP contribution in [-0.4, -0.2) is 12.6 Å². The molecule has 0 heterocycles. The molecular formula is C15H20N2O. The van der Waals surface area contributed by atoms with E-state index in [0.717, 1.165) is 18.7 Å². The zero-order chi connectivity index (χ0) is 13.2. The molecule has 1 rings (SSSR count). The number of nitrogens with zero attached hydrogens (tertiary/aromatic N) is 1. The molecule has 18 heavy (non-hydrogen) atoms. The van der Waals surface area contributed by atoms with Gasteiger partial charge < -0.3 is 10.1 Å². The van der Waals surface area contributed by atoms with Crippen molar-refractivity contribution in [3.05, 3.63) is 42.5 Å². The van der Waals surface area contributed by atoms with Gasteiger partial charge in [-0.1, -0.05) is 31.7 Å². The first-order valence-corrected chi connectivity index (χ1v) is 6.23. The van der Waals surface area contributed by atoms with Crippen LogP contribution in [0.3, 0.4) is 0 Å². The van der Waals surface area contributed by atoms with Crippen molar-refractivity contribution in [1.82, 2.24) is 5.32 Å². The quantitative estimate of drug-likeness (QED) is 0.715. The molecule has 1 N–H and O–H groups in total. The van der Waals surface area contributed by atoms with Crippen LogP contribution in [-0.2, 0) is 6.54 Å². The van der Waals surface area contributed by atoms with E-state index in [1.807, 2.05) is 24.3 Å². The van der Waals surface area contributed by atoms with E-state index in [1.165, 1.54) is 5.56 Å². The molecule has 3 nitrogen and oxygen atoms in total. The van der Waals surface area contributed by atoms with Crippen molar-refractivity contribution in [2.45, 2.75) is 32.4 Å². The number of nitriles is 1. The van der Waals surface area contributed by atoms with E-state index < -0.39 is 0 Å². The highest BCUT2D eigenvalue weighted by Crippen LogP contribution is 2.12. The molecule has 0 saturated carbocycles. The van der Waals surface area contributed by atoms with E-state index in [9.17, 15) is 0 Å². The molecule has 3 heteroatoms. The topological polar surface area (TPSA) is 45.0 Å². The van der Waals surface area contributed by atoms with Gasteiger partial charge in [-0.2, -0.15) is 5.26 Å². The molecule has 1 unspecified atom stereocenters. The lowest BCUT2D eigenvalue weighted by Crippen LogP contribution is -2.27. The van der Waals surface area contributed by atoms with Crippen molar-refractivity contribution in [2.75, 3.05) is 6.61 Å². The van der Waals surface area contributed by atoms with Crippen LogP contribution < -0.4 is 10.1 Å². The average Bonchev–Trinajstić information content (AvgIpc) is 2.42. The van der Waals surface area contributed by atoms with Gasteiger partial charge in [-0.25, -0.2) is 0 Å². The Hall–Kier alpha value is -1.79. The van der Waals surface area contributed by atoms with E-state index in [-0.39, 0.29) is 6.04 Å². The predicted molar refractivity (Wildman–Crippen MR) is 73.3 cm³/mol. The van der Waals surface area contributed by atoms with E-state index >= 15 is 0 Å². The third-order valence-electron chi connectivity index (χ3n) is 2.72. The largest absolute Gasteiger partial charge is 0.490 e. The van der Waals surface area contributed by atoms with Crippen molar-refractivity contribution in [3.63, 3.8) is 0 Å². The molecule has 1 atom stereocenters. The normalized spacial score (nSPS) is 11.6. The van der Waals surface area contributed by atoms with Crippen LogP contribution in [0.15, 0.2) is 36.9 Å². The predicted octanol–water partition coefficient (Wildman–Crippen LogP) is 3.03. The van der Waals surface area contributed by atoms with E-state index in [4.69, 9.17) is 10.00 Å². The first-order chi connectivity index (χ1) is 8.80. The lowest BCUT2D eigenvalue weighted by molar-refractivity contribution is 0.363. The molecule has 0 aromatic heterocycles. The van der Waals surface area contributed by atoms with Gasteiger partial charge in [0.25, 0.3) is 0 Å². The maximum absolute atomic E-state index is 8.67. The van der Waals surface area contributed by atoms with Crippen LogP contribution in [0.2, 0.25) is 0 Å². The minimum atomic E-state index is 0.270. The summed E-state index contributed by atoms with van der Waals surface area (Å²) in [4.78, 5) is 0. The zero-order valence-electron chi connectivity index (χ0n) is 10.9. The maximum Gasteiger partial charge on any atom is 0.119 e. The summed E-state index contributed by atoms with van der Waals surface area (Å²) in [6, 6.07) is 10.4. The van der Waals surface area contributed by atoms with Crippen molar-refractivity contribution >= 4 is 0 Å². The molecule has 1 aromatic rings. The lowest BCUT2D eigenvalue weighted by atomic mass is 10.1. The summed E-state index contributed by atoms with van der Waals surface area (Å²) in [5, 5.41) is 12.0. The van der Waals surface area contributed by atoms with Gasteiger partial charge in [0.1, 0.15) is 12.4 Å². The van der Waals surface area contributed by atoms with Gasteiger partial charge in [-0.3, -0.25) is 0 Å². The van der Waals surface area contributed by atoms with Gasteiger partial charge >= 0.3 is 0 Å². The Morgan fingerprint density at radius 1 is 1.44 bits per heavy atom. The SMILES string of the molecule is C=CCOc1ccc(CNC(CC)CC#N)cc1. The molecule has 0 amide bonds. The van der Waals surface area contributed by atoms with Gasteiger partial charge in [-0.05, 0) is 24.1 Å². The fourth-order valence-electron chi connectivity index (χ4n) is 1.59. The summed E-state index contributed by atoms with van der Waals surface area (Å²) in [6.07, 6.45) is 3.24. The van der Waals surface area contributed by atoms with Gasteiger partial charge in [0.2, 0.25) is 0 Å². The molecule has 0 radical (unpaired) electrons. The number of hydrogen-bond acceptors (Lipinski definition) is 3. The third-order valence-corrected chi connectivity index (χ3v) is 2.72. The summed E-state index contributed by atoms with van der Waals surface area (Å²) in [7, 11) is 0. The van der Waals surface area contributed by atoms with Crippen molar-refractivity contribution in [2.24, 2.45) is 0 Å². The monoisotopic (exact) mass is 244 g/mol. The Bertz CT molecular complexity index is 392. The molecule has 1 aromatic carbocycles. The average molecular weight is 244 g/mol. The van der Waals surface area contributed by atoms with Crippen LogP contribution in [0.4, 0.5) is 0 Å². The first kappa shape index (κ1) is 14.3. The maximum atomic E-state index is 8.67. The number of rotatable bonds is 8. The molecule has 0 bridgehead atoms. The first-order valence-electron chi connectivity index (χ1n) is 6.23. The van der Waals surface area contributed by atoms with Crippen molar-refractivity contribution < 1.29 is 4.74 Å². The van der Waals surface area contributed by atoms with Gasteiger partial charge in [0.15, 0.2) is 0 Å². The lowest BCUT2D eigenvalue weighted by Gasteiger charge is -2.13. The fraction of sp³-hybridized carbons (Fsp3) is 0.400. The summed E-state index contributed by atoms with van der Waals surface area (Å²) in [5.41, 5.74) is 1.19. The van der Waals surface area contributed by atoms with E-state index in [2.05, 4.69) is 24.9 Å². The molecule has 0 saturated heterocycles. The summed E-state index contributed by atoms with van der Waals surface area (Å²) in [5.74, 6) is 0.850. The smallest absolute Gasteiger partial charge is 0.119 e. The number of benzene rings is 1. The Morgan fingerprint density at radius 2 is 2.17 bits per heavy atom. The Kier molecular flexibility index (Phi) is 6.60. The summed E-state index contributed by atoms with van der Waals surface area (Å²) in [6.45, 7) is 7.00. The standard InChI is InChI=1S/C15H20N2O/c1-3-11-18-15-7-5-13(6-8-15)12-17-14(4-2)9-10-16/h3,5-8,14,17H,1,4,9,11-12H2,2H3. The second-order valence-corrected chi connectivity index (χ2v) is 4.09. The highest BCUT2D eigenvalue weighted by atomic mass is 16.5. The molecule has 0 aliphatic carbocycles. The zero-order valence-corrected chi connectivity index (χ0v) is 10.9. The van der Waals surface area contributed by atoms with Crippen molar-refractivity contribution in [3.8, 4) is 11.8 Å². The number of nitrogens with one attached hydrogen (secondary N) is 1. The van der Waals surface area contributed by atoms with Crippen LogP contribution in [0, 0.1) is 11.3 Å². The second kappa shape index (κ2) is 8.32. The third kappa shape index (κ3) is 5.03. The molecule has 0 fully saturated rings.